The smallest absolute Gasteiger partial charge is 0.340 e. The molecule has 0 aliphatic carbocycles. The van der Waals surface area contributed by atoms with Gasteiger partial charge in [-0.15, -0.1) is 0 Å². The van der Waals surface area contributed by atoms with Crippen molar-refractivity contribution in [2.45, 2.75) is 19.8 Å². The molecule has 1 aromatic carbocycles. The van der Waals surface area contributed by atoms with Crippen LogP contribution in [0.25, 0.3) is 0 Å². The second kappa shape index (κ2) is 8.31. The molecule has 0 unspecified atom stereocenters. The van der Waals surface area contributed by atoms with Crippen molar-refractivity contribution < 1.29 is 14.3 Å². The van der Waals surface area contributed by atoms with Gasteiger partial charge in [0, 0.05) is 15.9 Å². The van der Waals surface area contributed by atoms with Gasteiger partial charge >= 0.3 is 5.97 Å². The number of hydrogen-bond donors (Lipinski definition) is 1. The normalized spacial score (nSPS) is 10.3. The maximum Gasteiger partial charge on any atom is 0.340 e. The third-order valence-electron chi connectivity index (χ3n) is 2.34. The number of carbonyl (C=O) groups excluding carboxylic acids is 1. The van der Waals surface area contributed by atoms with E-state index in [1.54, 1.807) is 12.1 Å². The Kier molecular flexibility index (Phi) is 7.04. The highest BCUT2D eigenvalue weighted by atomic mass is 127. The molecule has 1 rings (SSSR count). The predicted octanol–water partition coefficient (Wildman–Crippen LogP) is 2.85. The van der Waals surface area contributed by atoms with Crippen LogP contribution in [0.3, 0.4) is 0 Å². The molecule has 0 atom stereocenters. The largest absolute Gasteiger partial charge is 0.460 e. The van der Waals surface area contributed by atoms with E-state index in [0.717, 1.165) is 16.4 Å². The Balaban J connectivity index is 2.34. The number of benzene rings is 1. The van der Waals surface area contributed by atoms with Crippen LogP contribution in [0.4, 0.5) is 5.69 Å². The third kappa shape index (κ3) is 5.22. The lowest BCUT2D eigenvalue weighted by Crippen LogP contribution is -2.13. The van der Waals surface area contributed by atoms with E-state index >= 15 is 0 Å². The molecular weight excluding hydrogens is 345 g/mol. The lowest BCUT2D eigenvalue weighted by atomic mass is 10.2. The highest BCUT2D eigenvalue weighted by Gasteiger charge is 2.11. The summed E-state index contributed by atoms with van der Waals surface area (Å²) < 4.78 is 11.4. The Morgan fingerprint density at radius 1 is 1.33 bits per heavy atom. The number of rotatable bonds is 7. The third-order valence-corrected chi connectivity index (χ3v) is 3.01. The molecule has 0 saturated carbocycles. The van der Waals surface area contributed by atoms with Gasteiger partial charge in [0.1, 0.15) is 6.61 Å². The van der Waals surface area contributed by atoms with Crippen molar-refractivity contribution in [1.29, 1.82) is 0 Å². The zero-order chi connectivity index (χ0) is 13.4. The van der Waals surface area contributed by atoms with Crippen LogP contribution in [0.5, 0.6) is 0 Å². The molecule has 0 bridgehead atoms. The molecule has 5 heteroatoms. The zero-order valence-corrected chi connectivity index (χ0v) is 12.6. The van der Waals surface area contributed by atoms with E-state index in [4.69, 9.17) is 15.2 Å². The van der Waals surface area contributed by atoms with Gasteiger partial charge in [0.2, 0.25) is 0 Å². The summed E-state index contributed by atoms with van der Waals surface area (Å²) in [5, 5.41) is 0. The van der Waals surface area contributed by atoms with Gasteiger partial charge < -0.3 is 15.2 Å². The molecule has 0 radical (unpaired) electrons. The lowest BCUT2D eigenvalue weighted by molar-refractivity contribution is 0.0315. The number of carbonyl (C=O) groups is 1. The molecule has 18 heavy (non-hydrogen) atoms. The number of unbranched alkanes of at least 4 members (excludes halogenated alkanes) is 1. The van der Waals surface area contributed by atoms with Gasteiger partial charge in [0.15, 0.2) is 0 Å². The van der Waals surface area contributed by atoms with E-state index in [0.29, 0.717) is 24.5 Å². The minimum absolute atomic E-state index is 0.257. The number of nitrogen functional groups attached to an aromatic ring is 1. The van der Waals surface area contributed by atoms with E-state index in [2.05, 4.69) is 29.5 Å². The molecule has 0 spiro atoms. The number of halogens is 1. The highest BCUT2D eigenvalue weighted by Crippen LogP contribution is 2.16. The van der Waals surface area contributed by atoms with Crippen molar-refractivity contribution in [3.8, 4) is 0 Å². The average Bonchev–Trinajstić information content (AvgIpc) is 2.36. The fourth-order valence-corrected chi connectivity index (χ4v) is 1.82. The summed E-state index contributed by atoms with van der Waals surface area (Å²) in [6, 6.07) is 5.27. The summed E-state index contributed by atoms with van der Waals surface area (Å²) in [5.74, 6) is -0.398. The molecule has 0 fully saturated rings. The number of anilines is 1. The summed E-state index contributed by atoms with van der Waals surface area (Å²) >= 11 is 2.13. The fourth-order valence-electron chi connectivity index (χ4n) is 1.32. The van der Waals surface area contributed by atoms with Gasteiger partial charge in [-0.05, 0) is 47.2 Å². The molecule has 0 amide bonds. The molecule has 100 valence electrons. The van der Waals surface area contributed by atoms with E-state index in [-0.39, 0.29) is 6.61 Å². The van der Waals surface area contributed by atoms with Gasteiger partial charge in [-0.2, -0.15) is 0 Å². The van der Waals surface area contributed by atoms with Crippen molar-refractivity contribution >= 4 is 34.2 Å². The minimum atomic E-state index is -0.398. The number of esters is 1. The molecule has 0 aliphatic rings. The van der Waals surface area contributed by atoms with E-state index in [1.165, 1.54) is 0 Å². The molecular formula is C13H18INO3. The second-order valence-corrected chi connectivity index (χ2v) is 5.08. The van der Waals surface area contributed by atoms with Crippen LogP contribution in [-0.4, -0.2) is 25.8 Å². The molecule has 0 aliphatic heterocycles. The highest BCUT2D eigenvalue weighted by molar-refractivity contribution is 14.1. The topological polar surface area (TPSA) is 61.5 Å². The summed E-state index contributed by atoms with van der Waals surface area (Å²) in [6.45, 7) is 3.49. The Morgan fingerprint density at radius 3 is 2.83 bits per heavy atom. The first-order valence-electron chi connectivity index (χ1n) is 5.95. The van der Waals surface area contributed by atoms with Crippen LogP contribution in [0.1, 0.15) is 30.1 Å². The predicted molar refractivity (Wildman–Crippen MR) is 79.6 cm³/mol. The maximum absolute atomic E-state index is 11.7. The van der Waals surface area contributed by atoms with Crippen LogP contribution in [0.15, 0.2) is 18.2 Å². The number of ether oxygens (including phenoxy) is 2. The van der Waals surface area contributed by atoms with E-state index in [1.807, 2.05) is 6.07 Å². The molecule has 0 heterocycles. The molecule has 0 saturated heterocycles. The number of hydrogen-bond acceptors (Lipinski definition) is 4. The standard InChI is InChI=1S/C13H18INO3/c1-2-3-6-17-7-8-18-13(16)11-9-10(14)4-5-12(11)15/h4-5,9H,2-3,6-8,15H2,1H3. The maximum atomic E-state index is 11.7. The van der Waals surface area contributed by atoms with Gasteiger partial charge in [-0.1, -0.05) is 13.3 Å². The quantitative estimate of drug-likeness (QED) is 0.350. The SMILES string of the molecule is CCCCOCCOC(=O)c1cc(I)ccc1N. The zero-order valence-electron chi connectivity index (χ0n) is 10.4. The van der Waals surface area contributed by atoms with Gasteiger partial charge in [0.25, 0.3) is 0 Å². The van der Waals surface area contributed by atoms with Crippen molar-refractivity contribution in [2.24, 2.45) is 0 Å². The van der Waals surface area contributed by atoms with Crippen LogP contribution in [0.2, 0.25) is 0 Å². The number of nitrogens with two attached hydrogens (primary N) is 1. The molecule has 0 aromatic heterocycles. The Hall–Kier alpha value is -0.820. The van der Waals surface area contributed by atoms with Crippen LogP contribution in [-0.2, 0) is 9.47 Å². The van der Waals surface area contributed by atoms with E-state index < -0.39 is 5.97 Å². The van der Waals surface area contributed by atoms with Crippen molar-refractivity contribution in [3.63, 3.8) is 0 Å². The molecule has 4 nitrogen and oxygen atoms in total. The average molecular weight is 363 g/mol. The summed E-state index contributed by atoms with van der Waals surface area (Å²) in [5.41, 5.74) is 6.57. The molecule has 2 N–H and O–H groups in total. The van der Waals surface area contributed by atoms with Gasteiger partial charge in [-0.25, -0.2) is 4.79 Å². The van der Waals surface area contributed by atoms with Crippen LogP contribution in [0, 0.1) is 3.57 Å². The van der Waals surface area contributed by atoms with Crippen molar-refractivity contribution in [2.75, 3.05) is 25.6 Å². The first kappa shape index (κ1) is 15.2. The second-order valence-electron chi connectivity index (χ2n) is 3.83. The lowest BCUT2D eigenvalue weighted by Gasteiger charge is -2.08. The Labute approximate surface area is 121 Å². The fraction of sp³-hybridized carbons (Fsp3) is 0.462. The van der Waals surface area contributed by atoms with E-state index in [9.17, 15) is 4.79 Å². The monoisotopic (exact) mass is 363 g/mol. The van der Waals surface area contributed by atoms with Crippen molar-refractivity contribution in [1.82, 2.24) is 0 Å². The summed E-state index contributed by atoms with van der Waals surface area (Å²) in [6.07, 6.45) is 2.12. The summed E-state index contributed by atoms with van der Waals surface area (Å²) in [4.78, 5) is 11.7. The Morgan fingerprint density at radius 2 is 2.11 bits per heavy atom. The van der Waals surface area contributed by atoms with Crippen LogP contribution < -0.4 is 5.73 Å². The first-order chi connectivity index (χ1) is 8.65. The van der Waals surface area contributed by atoms with Gasteiger partial charge in [0.05, 0.1) is 12.2 Å². The van der Waals surface area contributed by atoms with Crippen LogP contribution >= 0.6 is 22.6 Å². The molecule has 1 aromatic rings. The van der Waals surface area contributed by atoms with Gasteiger partial charge in [-0.3, -0.25) is 0 Å². The minimum Gasteiger partial charge on any atom is -0.460 e. The Bertz CT molecular complexity index is 396. The first-order valence-corrected chi connectivity index (χ1v) is 7.03. The summed E-state index contributed by atoms with van der Waals surface area (Å²) in [7, 11) is 0. The van der Waals surface area contributed by atoms with Crippen molar-refractivity contribution in [3.05, 3.63) is 27.3 Å².